The van der Waals surface area contributed by atoms with E-state index in [1.165, 1.54) is 36.4 Å². The van der Waals surface area contributed by atoms with Crippen molar-refractivity contribution in [1.82, 2.24) is 0 Å². The molecule has 0 saturated carbocycles. The molecule has 0 amide bonds. The Bertz CT molecular complexity index is 1540. The van der Waals surface area contributed by atoms with Gasteiger partial charge in [-0.05, 0) is 24.3 Å². The summed E-state index contributed by atoms with van der Waals surface area (Å²) in [6.45, 7) is -0.312. The first-order chi connectivity index (χ1) is 16.3. The molecule has 34 heavy (non-hydrogen) atoms. The molecule has 3 aromatic rings. The second-order valence-corrected chi connectivity index (χ2v) is 9.59. The number of para-hydroxylation sites is 1. The Morgan fingerprint density at radius 1 is 0.971 bits per heavy atom. The molecule has 0 spiro atoms. The lowest BCUT2D eigenvalue weighted by atomic mass is 9.88. The van der Waals surface area contributed by atoms with Crippen molar-refractivity contribution in [1.29, 1.82) is 5.26 Å². The summed E-state index contributed by atoms with van der Waals surface area (Å²) in [5.41, 5.74) is 6.55. The van der Waals surface area contributed by atoms with Crippen LogP contribution in [0.4, 0.5) is 14.5 Å². The van der Waals surface area contributed by atoms with E-state index in [0.717, 1.165) is 4.31 Å². The lowest BCUT2D eigenvalue weighted by Crippen LogP contribution is -2.39. The summed E-state index contributed by atoms with van der Waals surface area (Å²) in [5, 5.41) is 9.81. The highest BCUT2D eigenvalue weighted by Crippen LogP contribution is 2.51. The summed E-state index contributed by atoms with van der Waals surface area (Å²) < 4.78 is 64.3. The summed E-state index contributed by atoms with van der Waals surface area (Å²) in [4.78, 5) is -0.321. The summed E-state index contributed by atoms with van der Waals surface area (Å²) >= 11 is 0. The first kappa shape index (κ1) is 21.7. The number of halogens is 2. The molecule has 0 saturated heterocycles. The lowest BCUT2D eigenvalue weighted by molar-refractivity contribution is 0.357. The predicted octanol–water partition coefficient (Wildman–Crippen LogP) is 4.49. The predicted molar refractivity (Wildman–Crippen MR) is 122 cm³/mol. The Kier molecular flexibility index (Phi) is 5.10. The van der Waals surface area contributed by atoms with E-state index in [4.69, 9.17) is 10.5 Å². The van der Waals surface area contributed by atoms with E-state index in [2.05, 4.69) is 0 Å². The SMILES string of the molecule is N#CC1=C(N)OC2=C([C@H]1c1ccccc1F)S(=O)(=O)N(Cc1ccccc1F)c1ccccc12. The quantitative estimate of drug-likeness (QED) is 0.600. The molecule has 0 bridgehead atoms. The summed E-state index contributed by atoms with van der Waals surface area (Å²) in [6, 6.07) is 19.8. The highest BCUT2D eigenvalue weighted by Gasteiger charge is 2.47. The maximum absolute atomic E-state index is 14.9. The maximum atomic E-state index is 14.9. The molecule has 9 heteroatoms. The molecule has 170 valence electrons. The van der Waals surface area contributed by atoms with Crippen LogP contribution in [0.5, 0.6) is 0 Å². The number of fused-ring (bicyclic) bond motifs is 2. The molecule has 2 heterocycles. The van der Waals surface area contributed by atoms with Crippen LogP contribution in [-0.4, -0.2) is 8.42 Å². The Morgan fingerprint density at radius 2 is 1.62 bits per heavy atom. The molecule has 5 rings (SSSR count). The first-order valence-corrected chi connectivity index (χ1v) is 11.7. The van der Waals surface area contributed by atoms with Gasteiger partial charge in [0.1, 0.15) is 28.2 Å². The fourth-order valence-electron chi connectivity index (χ4n) is 4.28. The number of hydrogen-bond acceptors (Lipinski definition) is 5. The van der Waals surface area contributed by atoms with Gasteiger partial charge in [-0.1, -0.05) is 48.5 Å². The molecule has 2 N–H and O–H groups in total. The Balaban J connectivity index is 1.79. The van der Waals surface area contributed by atoms with Gasteiger partial charge in [-0.25, -0.2) is 17.2 Å². The Labute approximate surface area is 194 Å². The van der Waals surface area contributed by atoms with Gasteiger partial charge in [0.2, 0.25) is 5.88 Å². The Morgan fingerprint density at radius 3 is 2.32 bits per heavy atom. The molecular formula is C25H17F2N3O3S. The molecule has 0 aliphatic carbocycles. The van der Waals surface area contributed by atoms with Crippen LogP contribution in [0.2, 0.25) is 0 Å². The number of sulfonamides is 1. The molecular weight excluding hydrogens is 460 g/mol. The number of ether oxygens (including phenoxy) is 1. The van der Waals surface area contributed by atoms with E-state index < -0.39 is 27.6 Å². The highest BCUT2D eigenvalue weighted by atomic mass is 32.2. The maximum Gasteiger partial charge on any atom is 0.265 e. The van der Waals surface area contributed by atoms with Crippen LogP contribution in [0.1, 0.15) is 22.6 Å². The minimum absolute atomic E-state index is 0.0356. The van der Waals surface area contributed by atoms with Crippen LogP contribution in [0, 0.1) is 23.0 Å². The molecule has 0 fully saturated rings. The fourth-order valence-corrected chi connectivity index (χ4v) is 6.18. The van der Waals surface area contributed by atoms with Gasteiger partial charge in [0.25, 0.3) is 10.0 Å². The third kappa shape index (κ3) is 3.23. The van der Waals surface area contributed by atoms with Gasteiger partial charge in [0.15, 0.2) is 5.76 Å². The zero-order chi connectivity index (χ0) is 24.0. The molecule has 0 aromatic heterocycles. The molecule has 0 unspecified atom stereocenters. The van der Waals surface area contributed by atoms with Gasteiger partial charge in [-0.3, -0.25) is 4.31 Å². The van der Waals surface area contributed by atoms with Gasteiger partial charge < -0.3 is 10.5 Å². The number of nitriles is 1. The van der Waals surface area contributed by atoms with Crippen molar-refractivity contribution < 1.29 is 21.9 Å². The van der Waals surface area contributed by atoms with Crippen LogP contribution in [0.15, 0.2) is 89.2 Å². The van der Waals surface area contributed by atoms with E-state index in [1.54, 1.807) is 36.4 Å². The highest BCUT2D eigenvalue weighted by molar-refractivity contribution is 7.96. The number of nitrogens with zero attached hydrogens (tertiary/aromatic N) is 2. The summed E-state index contributed by atoms with van der Waals surface area (Å²) in [7, 11) is -4.42. The van der Waals surface area contributed by atoms with Gasteiger partial charge in [-0.2, -0.15) is 5.26 Å². The van der Waals surface area contributed by atoms with Crippen LogP contribution >= 0.6 is 0 Å². The van der Waals surface area contributed by atoms with Gasteiger partial charge in [0.05, 0.1) is 18.2 Å². The third-order valence-electron chi connectivity index (χ3n) is 5.85. The van der Waals surface area contributed by atoms with E-state index in [9.17, 15) is 22.5 Å². The molecule has 2 aliphatic rings. The van der Waals surface area contributed by atoms with Crippen molar-refractivity contribution in [3.63, 3.8) is 0 Å². The minimum Gasteiger partial charge on any atom is -0.439 e. The molecule has 2 aliphatic heterocycles. The van der Waals surface area contributed by atoms with Crippen molar-refractivity contribution in [3.05, 3.63) is 117 Å². The van der Waals surface area contributed by atoms with Crippen LogP contribution in [0.3, 0.4) is 0 Å². The minimum atomic E-state index is -4.42. The molecule has 0 radical (unpaired) electrons. The second-order valence-electron chi connectivity index (χ2n) is 7.76. The van der Waals surface area contributed by atoms with Gasteiger partial charge >= 0.3 is 0 Å². The van der Waals surface area contributed by atoms with Gasteiger partial charge in [-0.15, -0.1) is 0 Å². The van der Waals surface area contributed by atoms with Crippen molar-refractivity contribution in [3.8, 4) is 6.07 Å². The zero-order valence-corrected chi connectivity index (χ0v) is 18.4. The van der Waals surface area contributed by atoms with E-state index in [0.29, 0.717) is 5.56 Å². The van der Waals surface area contributed by atoms with E-state index in [-0.39, 0.29) is 45.5 Å². The number of hydrogen-bond donors (Lipinski definition) is 1. The molecule has 6 nitrogen and oxygen atoms in total. The average molecular weight is 477 g/mol. The average Bonchev–Trinajstić information content (AvgIpc) is 2.82. The fraction of sp³-hybridized carbons (Fsp3) is 0.0800. The smallest absolute Gasteiger partial charge is 0.265 e. The summed E-state index contributed by atoms with van der Waals surface area (Å²) in [6.07, 6.45) is 0. The second kappa shape index (κ2) is 8.01. The number of nitrogens with two attached hydrogens (primary N) is 1. The zero-order valence-electron chi connectivity index (χ0n) is 17.6. The largest absolute Gasteiger partial charge is 0.439 e. The third-order valence-corrected chi connectivity index (χ3v) is 7.73. The Hall–Kier alpha value is -4.16. The van der Waals surface area contributed by atoms with Crippen molar-refractivity contribution in [2.75, 3.05) is 4.31 Å². The molecule has 1 atom stereocenters. The van der Waals surface area contributed by atoms with E-state index in [1.807, 2.05) is 6.07 Å². The topological polar surface area (TPSA) is 96.4 Å². The standard InChI is InChI=1S/C25H17F2N3O3S/c26-19-10-4-1-7-15(19)14-30-21-12-6-3-9-17(21)23-24(34(30,31)32)22(18(13-28)25(29)33-23)16-8-2-5-11-20(16)27/h1-12,22H,14,29H2/t22-/m0/s1. The number of anilines is 1. The van der Waals surface area contributed by atoms with Crippen molar-refractivity contribution in [2.45, 2.75) is 12.5 Å². The van der Waals surface area contributed by atoms with Gasteiger partial charge in [0, 0.05) is 16.7 Å². The first-order valence-electron chi connectivity index (χ1n) is 10.3. The normalized spacial score (nSPS) is 18.6. The molecule has 3 aromatic carbocycles. The van der Waals surface area contributed by atoms with E-state index >= 15 is 0 Å². The number of allylic oxidation sites excluding steroid dienone is 2. The monoisotopic (exact) mass is 477 g/mol. The van der Waals surface area contributed by atoms with Crippen LogP contribution < -0.4 is 10.0 Å². The van der Waals surface area contributed by atoms with Crippen molar-refractivity contribution >= 4 is 21.5 Å². The van der Waals surface area contributed by atoms with Crippen molar-refractivity contribution in [2.24, 2.45) is 5.73 Å². The van der Waals surface area contributed by atoms with Crippen LogP contribution in [-0.2, 0) is 21.3 Å². The number of rotatable bonds is 3. The number of benzene rings is 3. The van der Waals surface area contributed by atoms with Crippen LogP contribution in [0.25, 0.3) is 5.76 Å². The lowest BCUT2D eigenvalue weighted by Gasteiger charge is -2.38. The summed E-state index contributed by atoms with van der Waals surface area (Å²) in [5.74, 6) is -2.98.